The van der Waals surface area contributed by atoms with E-state index in [2.05, 4.69) is 55.4 Å². The lowest BCUT2D eigenvalue weighted by atomic mass is 9.80. The third-order valence-electron chi connectivity index (χ3n) is 5.39. The number of nitrogens with zero attached hydrogens (tertiary/aromatic N) is 2. The van der Waals surface area contributed by atoms with Crippen molar-refractivity contribution in [2.75, 3.05) is 19.1 Å². The molecule has 0 saturated heterocycles. The van der Waals surface area contributed by atoms with Gasteiger partial charge in [-0.1, -0.05) is 25.1 Å². The summed E-state index contributed by atoms with van der Waals surface area (Å²) in [5, 5.41) is 4.12. The molecule has 2 aromatic carbocycles. The fourth-order valence-electron chi connectivity index (χ4n) is 3.73. The summed E-state index contributed by atoms with van der Waals surface area (Å²) in [5.74, 6) is 0.706. The first-order valence-corrected chi connectivity index (χ1v) is 9.17. The molecule has 0 bridgehead atoms. The van der Waals surface area contributed by atoms with Crippen molar-refractivity contribution in [3.05, 3.63) is 59.2 Å². The third kappa shape index (κ3) is 3.82. The van der Waals surface area contributed by atoms with Crippen LogP contribution in [0.1, 0.15) is 54.6 Å². The summed E-state index contributed by atoms with van der Waals surface area (Å²) in [7, 11) is 3.69. The van der Waals surface area contributed by atoms with E-state index in [-0.39, 0.29) is 11.4 Å². The number of hydrazone groups is 1. The summed E-state index contributed by atoms with van der Waals surface area (Å²) in [6.45, 7) is 6.81. The quantitative estimate of drug-likeness (QED) is 0.653. The highest BCUT2D eigenvalue weighted by Crippen LogP contribution is 2.42. The maximum atomic E-state index is 12.3. The van der Waals surface area contributed by atoms with E-state index in [1.165, 1.54) is 11.3 Å². The van der Waals surface area contributed by atoms with Gasteiger partial charge in [0.05, 0.1) is 18.9 Å². The largest absolute Gasteiger partial charge is 0.496 e. The number of benzene rings is 2. The minimum Gasteiger partial charge on any atom is -0.496 e. The molecule has 1 heterocycles. The second-order valence-corrected chi connectivity index (χ2v) is 7.69. The Balaban J connectivity index is 1.75. The van der Waals surface area contributed by atoms with Crippen LogP contribution in [0.15, 0.2) is 47.6 Å². The van der Waals surface area contributed by atoms with Crippen LogP contribution in [0.5, 0.6) is 5.75 Å². The lowest BCUT2D eigenvalue weighted by Crippen LogP contribution is -2.45. The van der Waals surface area contributed by atoms with Gasteiger partial charge in [0.2, 0.25) is 0 Å². The number of carbonyl (C=O) groups is 1. The SMILES string of the molecule is COc1ccccc1C(=O)N/N=C\c1ccc2c(c1)[C@@H](C)CC(C)(C)N2C. The second kappa shape index (κ2) is 7.43. The molecule has 0 aromatic heterocycles. The molecule has 0 saturated carbocycles. The number of amides is 1. The molecule has 0 aliphatic carbocycles. The molecule has 0 spiro atoms. The lowest BCUT2D eigenvalue weighted by molar-refractivity contribution is 0.0952. The molecule has 3 rings (SSSR count). The molecule has 5 heteroatoms. The molecule has 5 nitrogen and oxygen atoms in total. The smallest absolute Gasteiger partial charge is 0.275 e. The first-order valence-electron chi connectivity index (χ1n) is 9.17. The minimum absolute atomic E-state index is 0.144. The van der Waals surface area contributed by atoms with E-state index in [0.717, 1.165) is 12.0 Å². The summed E-state index contributed by atoms with van der Waals surface area (Å²) in [6, 6.07) is 13.4. The van der Waals surface area contributed by atoms with Crippen LogP contribution in [0.3, 0.4) is 0 Å². The summed E-state index contributed by atoms with van der Waals surface area (Å²) in [5.41, 5.74) is 6.72. The van der Waals surface area contributed by atoms with Gasteiger partial charge in [-0.2, -0.15) is 5.10 Å². The molecule has 1 amide bonds. The number of ether oxygens (including phenoxy) is 1. The van der Waals surface area contributed by atoms with Crippen LogP contribution in [0.2, 0.25) is 0 Å². The van der Waals surface area contributed by atoms with Crippen LogP contribution in [0.4, 0.5) is 5.69 Å². The summed E-state index contributed by atoms with van der Waals surface area (Å²) in [4.78, 5) is 14.6. The maximum absolute atomic E-state index is 12.3. The zero-order chi connectivity index (χ0) is 19.6. The monoisotopic (exact) mass is 365 g/mol. The van der Waals surface area contributed by atoms with Gasteiger partial charge in [0.15, 0.2) is 0 Å². The molecule has 1 atom stereocenters. The molecule has 0 unspecified atom stereocenters. The van der Waals surface area contributed by atoms with E-state index in [9.17, 15) is 4.79 Å². The number of carbonyl (C=O) groups excluding carboxylic acids is 1. The Kier molecular flexibility index (Phi) is 5.22. The van der Waals surface area contributed by atoms with Gasteiger partial charge < -0.3 is 9.64 Å². The molecule has 0 radical (unpaired) electrons. The van der Waals surface area contributed by atoms with Gasteiger partial charge in [0.25, 0.3) is 5.91 Å². The Morgan fingerprint density at radius 1 is 1.30 bits per heavy atom. The highest BCUT2D eigenvalue weighted by atomic mass is 16.5. The highest BCUT2D eigenvalue weighted by Gasteiger charge is 2.33. The number of hydrogen-bond donors (Lipinski definition) is 1. The molecule has 27 heavy (non-hydrogen) atoms. The van der Waals surface area contributed by atoms with Crippen molar-refractivity contribution in [3.63, 3.8) is 0 Å². The molecule has 1 aliphatic rings. The van der Waals surface area contributed by atoms with Gasteiger partial charge in [0.1, 0.15) is 5.75 Å². The number of hydrogen-bond acceptors (Lipinski definition) is 4. The van der Waals surface area contributed by atoms with E-state index in [4.69, 9.17) is 4.74 Å². The van der Waals surface area contributed by atoms with Gasteiger partial charge in [0, 0.05) is 18.3 Å². The Bertz CT molecular complexity index is 874. The third-order valence-corrected chi connectivity index (χ3v) is 5.39. The second-order valence-electron chi connectivity index (χ2n) is 7.69. The van der Waals surface area contributed by atoms with Crippen molar-refractivity contribution in [3.8, 4) is 5.75 Å². The maximum Gasteiger partial charge on any atom is 0.275 e. The van der Waals surface area contributed by atoms with Gasteiger partial charge in [-0.25, -0.2) is 5.43 Å². The van der Waals surface area contributed by atoms with Crippen molar-refractivity contribution in [2.24, 2.45) is 5.10 Å². The fraction of sp³-hybridized carbons (Fsp3) is 0.364. The Labute approximate surface area is 161 Å². The topological polar surface area (TPSA) is 53.9 Å². The lowest BCUT2D eigenvalue weighted by Gasteiger charge is -2.45. The zero-order valence-electron chi connectivity index (χ0n) is 16.6. The van der Waals surface area contributed by atoms with Crippen LogP contribution in [0.25, 0.3) is 0 Å². The van der Waals surface area contributed by atoms with Crippen LogP contribution < -0.4 is 15.1 Å². The van der Waals surface area contributed by atoms with Crippen molar-refractivity contribution in [1.82, 2.24) is 5.43 Å². The average Bonchev–Trinajstić information content (AvgIpc) is 2.65. The van der Waals surface area contributed by atoms with E-state index in [1.54, 1.807) is 31.5 Å². The average molecular weight is 365 g/mol. The number of para-hydroxylation sites is 1. The van der Waals surface area contributed by atoms with Crippen molar-refractivity contribution in [1.29, 1.82) is 0 Å². The van der Waals surface area contributed by atoms with Crippen LogP contribution in [-0.4, -0.2) is 31.8 Å². The normalized spacial score (nSPS) is 18.3. The van der Waals surface area contributed by atoms with Gasteiger partial charge >= 0.3 is 0 Å². The predicted octanol–water partition coefficient (Wildman–Crippen LogP) is 4.18. The summed E-state index contributed by atoms with van der Waals surface area (Å²) < 4.78 is 5.21. The van der Waals surface area contributed by atoms with Crippen LogP contribution in [-0.2, 0) is 0 Å². The Hall–Kier alpha value is -2.82. The number of methoxy groups -OCH3 is 1. The predicted molar refractivity (Wildman–Crippen MR) is 110 cm³/mol. The highest BCUT2D eigenvalue weighted by molar-refractivity contribution is 5.97. The number of anilines is 1. The molecule has 1 aliphatic heterocycles. The Morgan fingerprint density at radius 3 is 2.78 bits per heavy atom. The standard InChI is InChI=1S/C22H27N3O2/c1-15-13-22(2,3)25(4)19-11-10-16(12-18(15)19)14-23-24-21(26)17-8-6-7-9-20(17)27-5/h6-12,14-15H,13H2,1-5H3,(H,24,26)/b23-14-/t15-/m0/s1. The van der Waals surface area contributed by atoms with Crippen LogP contribution >= 0.6 is 0 Å². The van der Waals surface area contributed by atoms with Gasteiger partial charge in [-0.3, -0.25) is 4.79 Å². The minimum atomic E-state index is -0.295. The summed E-state index contributed by atoms with van der Waals surface area (Å²) in [6.07, 6.45) is 2.78. The van der Waals surface area contributed by atoms with Crippen molar-refractivity contribution < 1.29 is 9.53 Å². The molecule has 0 fully saturated rings. The number of rotatable bonds is 4. The zero-order valence-corrected chi connectivity index (χ0v) is 16.6. The van der Waals surface area contributed by atoms with E-state index >= 15 is 0 Å². The molecule has 2 aromatic rings. The molecule has 1 N–H and O–H groups in total. The number of fused-ring (bicyclic) bond motifs is 1. The number of nitrogens with one attached hydrogen (secondary N) is 1. The first-order chi connectivity index (χ1) is 12.8. The summed E-state index contributed by atoms with van der Waals surface area (Å²) >= 11 is 0. The van der Waals surface area contributed by atoms with Crippen LogP contribution in [0, 0.1) is 0 Å². The van der Waals surface area contributed by atoms with Gasteiger partial charge in [-0.15, -0.1) is 0 Å². The van der Waals surface area contributed by atoms with E-state index in [0.29, 0.717) is 17.2 Å². The van der Waals surface area contributed by atoms with E-state index in [1.807, 2.05) is 12.1 Å². The fourth-order valence-corrected chi connectivity index (χ4v) is 3.73. The van der Waals surface area contributed by atoms with E-state index < -0.39 is 0 Å². The first kappa shape index (κ1) is 19.0. The van der Waals surface area contributed by atoms with Crippen molar-refractivity contribution >= 4 is 17.8 Å². The Morgan fingerprint density at radius 2 is 2.04 bits per heavy atom. The molecular formula is C22H27N3O2. The van der Waals surface area contributed by atoms with Crippen molar-refractivity contribution in [2.45, 2.75) is 38.6 Å². The molecule has 142 valence electrons. The molecular weight excluding hydrogens is 338 g/mol. The van der Waals surface area contributed by atoms with Gasteiger partial charge in [-0.05, 0) is 61.6 Å².